The molecule has 0 fully saturated rings. The molecule has 10 nitrogen and oxygen atoms in total. The van der Waals surface area contributed by atoms with E-state index in [4.69, 9.17) is 14.5 Å². The van der Waals surface area contributed by atoms with Gasteiger partial charge in [0.2, 0.25) is 5.95 Å². The fourth-order valence-corrected chi connectivity index (χ4v) is 1.90. The average Bonchev–Trinajstić information content (AvgIpc) is 2.81. The molecule has 0 saturated heterocycles. The standard InChI is InChI=1S/C9H14N5O5P/c1-5(19-4-20(16,17)18)2-10-9-13-7-6(8(15)14-9)11-3-12-7/h3,5H,2,4H2,1H3,(H2,16,17,18)(H3,10,11,12,13,14,15). The average molecular weight is 303 g/mol. The number of anilines is 1. The Bertz CT molecular complexity index is 691. The molecule has 0 radical (unpaired) electrons. The first-order valence-corrected chi connectivity index (χ1v) is 7.48. The Morgan fingerprint density at radius 3 is 3.00 bits per heavy atom. The van der Waals surface area contributed by atoms with Crippen molar-refractivity contribution in [2.45, 2.75) is 13.0 Å². The zero-order valence-corrected chi connectivity index (χ0v) is 11.4. The molecule has 110 valence electrons. The third kappa shape index (κ3) is 3.87. The summed E-state index contributed by atoms with van der Waals surface area (Å²) in [5.41, 5.74) is 0.195. The molecule has 2 aromatic heterocycles. The van der Waals surface area contributed by atoms with Crippen molar-refractivity contribution < 1.29 is 19.1 Å². The first kappa shape index (κ1) is 14.7. The van der Waals surface area contributed by atoms with Gasteiger partial charge in [0.15, 0.2) is 11.2 Å². The summed E-state index contributed by atoms with van der Waals surface area (Å²) in [6.45, 7) is 1.85. The van der Waals surface area contributed by atoms with Gasteiger partial charge in [-0.3, -0.25) is 14.3 Å². The van der Waals surface area contributed by atoms with Crippen molar-refractivity contribution in [3.8, 4) is 0 Å². The maximum Gasteiger partial charge on any atom is 0.350 e. The third-order valence-electron chi connectivity index (χ3n) is 2.38. The Morgan fingerprint density at radius 1 is 1.55 bits per heavy atom. The van der Waals surface area contributed by atoms with Crippen LogP contribution >= 0.6 is 7.60 Å². The second kappa shape index (κ2) is 5.71. The highest BCUT2D eigenvalue weighted by Crippen LogP contribution is 2.34. The molecule has 0 bridgehead atoms. The summed E-state index contributed by atoms with van der Waals surface area (Å²) >= 11 is 0. The van der Waals surface area contributed by atoms with Crippen molar-refractivity contribution in [2.24, 2.45) is 0 Å². The molecule has 2 heterocycles. The van der Waals surface area contributed by atoms with Gasteiger partial charge in [0, 0.05) is 6.54 Å². The second-order valence-corrected chi connectivity index (χ2v) is 5.76. The van der Waals surface area contributed by atoms with E-state index in [0.29, 0.717) is 0 Å². The molecule has 0 saturated carbocycles. The predicted molar refractivity (Wildman–Crippen MR) is 70.5 cm³/mol. The molecule has 20 heavy (non-hydrogen) atoms. The Kier molecular flexibility index (Phi) is 4.19. The lowest BCUT2D eigenvalue weighted by Gasteiger charge is -2.14. The molecular formula is C9H14N5O5P. The third-order valence-corrected chi connectivity index (χ3v) is 2.87. The van der Waals surface area contributed by atoms with Crippen LogP contribution in [0.4, 0.5) is 5.95 Å². The first-order chi connectivity index (χ1) is 9.35. The first-order valence-electron chi connectivity index (χ1n) is 5.68. The van der Waals surface area contributed by atoms with Crippen LogP contribution in [0.3, 0.4) is 0 Å². The van der Waals surface area contributed by atoms with Crippen LogP contribution in [0.2, 0.25) is 0 Å². The summed E-state index contributed by atoms with van der Waals surface area (Å²) in [5.74, 6) is 0.209. The van der Waals surface area contributed by atoms with Gasteiger partial charge in [-0.25, -0.2) is 4.98 Å². The van der Waals surface area contributed by atoms with E-state index in [2.05, 4.69) is 25.3 Å². The minimum atomic E-state index is -4.18. The van der Waals surface area contributed by atoms with E-state index in [1.165, 1.54) is 6.33 Å². The Morgan fingerprint density at radius 2 is 2.30 bits per heavy atom. The molecule has 2 rings (SSSR count). The zero-order chi connectivity index (χ0) is 14.8. The number of nitrogens with zero attached hydrogens (tertiary/aromatic N) is 2. The highest BCUT2D eigenvalue weighted by molar-refractivity contribution is 7.51. The van der Waals surface area contributed by atoms with Gasteiger partial charge in [-0.1, -0.05) is 0 Å². The van der Waals surface area contributed by atoms with Crippen LogP contribution in [-0.4, -0.2) is 48.7 Å². The van der Waals surface area contributed by atoms with Crippen molar-refractivity contribution in [3.05, 3.63) is 16.7 Å². The van der Waals surface area contributed by atoms with Crippen molar-refractivity contribution in [1.82, 2.24) is 19.9 Å². The number of hydrogen-bond donors (Lipinski definition) is 5. The zero-order valence-electron chi connectivity index (χ0n) is 10.5. The van der Waals surface area contributed by atoms with Gasteiger partial charge in [-0.15, -0.1) is 0 Å². The van der Waals surface area contributed by atoms with Crippen LogP contribution in [-0.2, 0) is 9.30 Å². The highest BCUT2D eigenvalue weighted by Gasteiger charge is 2.15. The molecule has 2 aromatic rings. The number of ether oxygens (including phenoxy) is 1. The van der Waals surface area contributed by atoms with E-state index >= 15 is 0 Å². The minimum Gasteiger partial charge on any atom is -0.364 e. The fourth-order valence-electron chi connectivity index (χ4n) is 1.45. The molecule has 11 heteroatoms. The number of fused-ring (bicyclic) bond motifs is 1. The number of H-pyrrole nitrogens is 2. The topological polar surface area (TPSA) is 153 Å². The summed E-state index contributed by atoms with van der Waals surface area (Å²) in [4.78, 5) is 42.1. The van der Waals surface area contributed by atoms with Gasteiger partial charge in [0.05, 0.1) is 12.4 Å². The summed E-state index contributed by atoms with van der Waals surface area (Å²) in [7, 11) is -4.18. The van der Waals surface area contributed by atoms with Crippen molar-refractivity contribution in [2.75, 3.05) is 18.2 Å². The van der Waals surface area contributed by atoms with Gasteiger partial charge in [0.25, 0.3) is 5.56 Å². The maximum atomic E-state index is 11.6. The minimum absolute atomic E-state index is 0.209. The molecule has 1 unspecified atom stereocenters. The number of aromatic amines is 2. The SMILES string of the molecule is CC(CNc1nc2nc[nH]c2c(=O)[nH]1)OCP(=O)(O)O. The summed E-state index contributed by atoms with van der Waals surface area (Å²) < 4.78 is 15.6. The highest BCUT2D eigenvalue weighted by atomic mass is 31.2. The van der Waals surface area contributed by atoms with E-state index in [1.54, 1.807) is 6.92 Å². The normalized spacial score (nSPS) is 13.6. The van der Waals surface area contributed by atoms with Crippen molar-refractivity contribution >= 4 is 24.7 Å². The van der Waals surface area contributed by atoms with Gasteiger partial charge in [0.1, 0.15) is 6.35 Å². The number of aromatic nitrogens is 4. The molecule has 0 spiro atoms. The summed E-state index contributed by atoms with van der Waals surface area (Å²) in [5, 5.41) is 2.80. The molecule has 0 amide bonds. The number of rotatable bonds is 6. The van der Waals surface area contributed by atoms with Crippen LogP contribution < -0.4 is 10.9 Å². The fraction of sp³-hybridized carbons (Fsp3) is 0.444. The molecule has 0 aromatic carbocycles. The van der Waals surface area contributed by atoms with Crippen LogP contribution in [0.1, 0.15) is 6.92 Å². The van der Waals surface area contributed by atoms with E-state index in [-0.39, 0.29) is 29.2 Å². The van der Waals surface area contributed by atoms with Gasteiger partial charge in [-0.05, 0) is 6.92 Å². The van der Waals surface area contributed by atoms with E-state index in [1.807, 2.05) is 0 Å². The number of hydrogen-bond acceptors (Lipinski definition) is 6. The number of imidazole rings is 1. The Hall–Kier alpha value is -1.74. The van der Waals surface area contributed by atoms with Gasteiger partial charge in [-0.2, -0.15) is 4.98 Å². The lowest BCUT2D eigenvalue weighted by molar-refractivity contribution is 0.0972. The van der Waals surface area contributed by atoms with Gasteiger partial charge < -0.3 is 24.8 Å². The van der Waals surface area contributed by atoms with Crippen LogP contribution in [0.5, 0.6) is 0 Å². The smallest absolute Gasteiger partial charge is 0.350 e. The Labute approximate surface area is 112 Å². The summed E-state index contributed by atoms with van der Waals surface area (Å²) in [6.07, 6.45) is 0.239. The maximum absolute atomic E-state index is 11.6. The summed E-state index contributed by atoms with van der Waals surface area (Å²) in [6, 6.07) is 0. The largest absolute Gasteiger partial charge is 0.364 e. The lowest BCUT2D eigenvalue weighted by atomic mass is 10.4. The molecule has 5 N–H and O–H groups in total. The Balaban J connectivity index is 1.95. The van der Waals surface area contributed by atoms with Gasteiger partial charge >= 0.3 is 7.60 Å². The molecule has 1 atom stereocenters. The van der Waals surface area contributed by atoms with Crippen LogP contribution in [0.25, 0.3) is 11.2 Å². The van der Waals surface area contributed by atoms with Crippen LogP contribution in [0.15, 0.2) is 11.1 Å². The number of nitrogens with one attached hydrogen (secondary N) is 3. The van der Waals surface area contributed by atoms with Crippen molar-refractivity contribution in [3.63, 3.8) is 0 Å². The second-order valence-electron chi connectivity index (χ2n) is 4.17. The van der Waals surface area contributed by atoms with E-state index in [0.717, 1.165) is 0 Å². The molecular weight excluding hydrogens is 289 g/mol. The molecule has 0 aliphatic carbocycles. The molecule has 0 aliphatic heterocycles. The lowest BCUT2D eigenvalue weighted by Crippen LogP contribution is -2.23. The molecule has 0 aliphatic rings. The monoisotopic (exact) mass is 303 g/mol. The quantitative estimate of drug-likeness (QED) is 0.452. The van der Waals surface area contributed by atoms with E-state index in [9.17, 15) is 9.36 Å². The predicted octanol–water partition coefficient (Wildman–Crippen LogP) is -0.402. The van der Waals surface area contributed by atoms with Crippen LogP contribution in [0, 0.1) is 0 Å². The van der Waals surface area contributed by atoms with Crippen molar-refractivity contribution in [1.29, 1.82) is 0 Å². The van der Waals surface area contributed by atoms with E-state index < -0.39 is 20.0 Å².